The van der Waals surface area contributed by atoms with Crippen molar-refractivity contribution in [3.63, 3.8) is 0 Å². The van der Waals surface area contributed by atoms with Crippen molar-refractivity contribution in [2.45, 2.75) is 12.1 Å². The maximum atomic E-state index is 14.2. The fourth-order valence-electron chi connectivity index (χ4n) is 3.02. The van der Waals surface area contributed by atoms with Gasteiger partial charge in [0.25, 0.3) is 0 Å². The van der Waals surface area contributed by atoms with Gasteiger partial charge in [-0.15, -0.1) is 0 Å². The molecule has 1 atom stereocenters. The number of allylic oxidation sites excluding steroid dienone is 1. The van der Waals surface area contributed by atoms with Gasteiger partial charge in [0, 0.05) is 0 Å². The number of hydrogen-bond acceptors (Lipinski definition) is 5. The molecule has 0 aliphatic heterocycles. The molecule has 0 saturated carbocycles. The molecule has 2 aromatic carbocycles. The molecular weight excluding hydrogens is 405 g/mol. The lowest BCUT2D eigenvalue weighted by molar-refractivity contribution is -0.142. The molecule has 30 heavy (non-hydrogen) atoms. The molecule has 2 rings (SSSR count). The topological polar surface area (TPSA) is 82.1 Å². The Kier molecular flexibility index (Phi) is 7.10. The number of carboxylic acids is 1. The van der Waals surface area contributed by atoms with Crippen LogP contribution in [0.2, 0.25) is 0 Å². The smallest absolute Gasteiger partial charge is 0.417 e. The number of benzene rings is 2. The summed E-state index contributed by atoms with van der Waals surface area (Å²) in [6.45, 7) is 0. The molecule has 0 aromatic heterocycles. The van der Waals surface area contributed by atoms with Crippen molar-refractivity contribution < 1.29 is 42.1 Å². The number of esters is 1. The summed E-state index contributed by atoms with van der Waals surface area (Å²) in [5.74, 6) is -4.81. The Hall–Kier alpha value is -3.49. The summed E-state index contributed by atoms with van der Waals surface area (Å²) in [4.78, 5) is 24.5. The molecule has 0 aliphatic rings. The summed E-state index contributed by atoms with van der Waals surface area (Å²) in [6, 6.07) is 10.5. The van der Waals surface area contributed by atoms with Crippen molar-refractivity contribution in [2.24, 2.45) is 0 Å². The van der Waals surface area contributed by atoms with Gasteiger partial charge in [0.15, 0.2) is 11.5 Å². The van der Waals surface area contributed by atoms with Crippen LogP contribution in [0.5, 0.6) is 11.5 Å². The van der Waals surface area contributed by atoms with Gasteiger partial charge < -0.3 is 19.3 Å². The first-order valence-corrected chi connectivity index (χ1v) is 8.55. The van der Waals surface area contributed by atoms with E-state index in [-0.39, 0.29) is 17.1 Å². The molecule has 160 valence electrons. The third-order valence-electron chi connectivity index (χ3n) is 4.30. The Bertz CT molecular complexity index is 951. The zero-order chi connectivity index (χ0) is 22.5. The minimum atomic E-state index is -5.08. The van der Waals surface area contributed by atoms with Crippen LogP contribution in [0.4, 0.5) is 13.2 Å². The van der Waals surface area contributed by atoms with Gasteiger partial charge in [0.2, 0.25) is 0 Å². The normalized spacial score (nSPS) is 13.1. The van der Waals surface area contributed by atoms with Crippen LogP contribution >= 0.6 is 0 Å². The highest BCUT2D eigenvalue weighted by molar-refractivity contribution is 6.05. The average Bonchev–Trinajstić information content (AvgIpc) is 2.72. The van der Waals surface area contributed by atoms with Crippen LogP contribution in [0.1, 0.15) is 17.0 Å². The molecule has 6 nitrogen and oxygen atoms in total. The van der Waals surface area contributed by atoms with E-state index < -0.39 is 40.7 Å². The predicted octanol–water partition coefficient (Wildman–Crippen LogP) is 4.06. The number of hydrogen-bond donors (Lipinski definition) is 1. The van der Waals surface area contributed by atoms with Crippen molar-refractivity contribution in [1.29, 1.82) is 0 Å². The zero-order valence-electron chi connectivity index (χ0n) is 16.3. The van der Waals surface area contributed by atoms with Crippen molar-refractivity contribution in [3.8, 4) is 11.5 Å². The summed E-state index contributed by atoms with van der Waals surface area (Å²) in [5, 5.41) is 9.73. The lowest BCUT2D eigenvalue weighted by Gasteiger charge is -2.22. The van der Waals surface area contributed by atoms with Gasteiger partial charge in [-0.2, -0.15) is 13.2 Å². The fourth-order valence-corrected chi connectivity index (χ4v) is 3.02. The monoisotopic (exact) mass is 424 g/mol. The van der Waals surface area contributed by atoms with Gasteiger partial charge in [-0.3, -0.25) is 4.79 Å². The number of rotatable bonds is 7. The van der Waals surface area contributed by atoms with E-state index in [9.17, 15) is 27.9 Å². The Labute approximate surface area is 170 Å². The van der Waals surface area contributed by atoms with Crippen molar-refractivity contribution in [1.82, 2.24) is 0 Å². The molecule has 0 fully saturated rings. The number of alkyl halides is 3. The lowest BCUT2D eigenvalue weighted by Crippen LogP contribution is -2.26. The van der Waals surface area contributed by atoms with Gasteiger partial charge in [-0.1, -0.05) is 36.4 Å². The fraction of sp³-hybridized carbons (Fsp3) is 0.238. The Morgan fingerprint density at radius 2 is 1.53 bits per heavy atom. The second-order valence-electron chi connectivity index (χ2n) is 6.03. The van der Waals surface area contributed by atoms with Crippen LogP contribution in [0.15, 0.2) is 54.1 Å². The van der Waals surface area contributed by atoms with Crippen molar-refractivity contribution >= 4 is 17.5 Å². The van der Waals surface area contributed by atoms with Crippen LogP contribution < -0.4 is 9.47 Å². The first-order chi connectivity index (χ1) is 14.1. The summed E-state index contributed by atoms with van der Waals surface area (Å²) in [6.07, 6.45) is -5.08. The molecule has 1 unspecified atom stereocenters. The summed E-state index contributed by atoms with van der Waals surface area (Å²) in [7, 11) is 3.44. The quantitative estimate of drug-likeness (QED) is 0.533. The SMILES string of the molecule is COC(=O)C(=C(c1ccc(OC)c(OC)c1)C(F)(F)F)C(C(=O)O)c1ccccc1. The summed E-state index contributed by atoms with van der Waals surface area (Å²) in [5.41, 5.74) is -2.96. The maximum Gasteiger partial charge on any atom is 0.417 e. The van der Waals surface area contributed by atoms with E-state index in [0.29, 0.717) is 0 Å². The van der Waals surface area contributed by atoms with E-state index >= 15 is 0 Å². The number of carboxylic acid groups (broad SMARTS) is 1. The molecule has 0 amide bonds. The third-order valence-corrected chi connectivity index (χ3v) is 4.30. The van der Waals surface area contributed by atoms with E-state index in [1.807, 2.05) is 0 Å². The minimum Gasteiger partial charge on any atom is -0.493 e. The molecule has 1 N–H and O–H groups in total. The number of ether oxygens (including phenoxy) is 3. The Morgan fingerprint density at radius 3 is 2.00 bits per heavy atom. The number of carbonyl (C=O) groups is 2. The van der Waals surface area contributed by atoms with Gasteiger partial charge in [0.05, 0.1) is 32.5 Å². The zero-order valence-corrected chi connectivity index (χ0v) is 16.3. The lowest BCUT2D eigenvalue weighted by atomic mass is 9.85. The first kappa shape index (κ1) is 22.8. The molecule has 0 radical (unpaired) electrons. The average molecular weight is 424 g/mol. The van der Waals surface area contributed by atoms with Crippen LogP contribution in [0.3, 0.4) is 0 Å². The van der Waals surface area contributed by atoms with Crippen LogP contribution in [0, 0.1) is 0 Å². The predicted molar refractivity (Wildman–Crippen MR) is 101 cm³/mol. The molecule has 0 spiro atoms. The van der Waals surface area contributed by atoms with Gasteiger partial charge in [0.1, 0.15) is 5.92 Å². The van der Waals surface area contributed by atoms with E-state index in [1.54, 1.807) is 6.07 Å². The van der Waals surface area contributed by atoms with Gasteiger partial charge >= 0.3 is 18.1 Å². The second-order valence-corrected chi connectivity index (χ2v) is 6.03. The van der Waals surface area contributed by atoms with E-state index in [4.69, 9.17) is 9.47 Å². The number of methoxy groups -OCH3 is 3. The Balaban J connectivity index is 2.93. The summed E-state index contributed by atoms with van der Waals surface area (Å²) < 4.78 is 57.2. The van der Waals surface area contributed by atoms with Crippen LogP contribution in [-0.4, -0.2) is 44.6 Å². The molecule has 0 bridgehead atoms. The van der Waals surface area contributed by atoms with Crippen molar-refractivity contribution in [3.05, 3.63) is 65.2 Å². The second kappa shape index (κ2) is 9.34. The molecule has 2 aromatic rings. The van der Waals surface area contributed by atoms with E-state index in [1.165, 1.54) is 44.6 Å². The van der Waals surface area contributed by atoms with Crippen LogP contribution in [-0.2, 0) is 14.3 Å². The molecular formula is C21H19F3O6. The molecule has 9 heteroatoms. The van der Waals surface area contributed by atoms with Crippen LogP contribution in [0.25, 0.3) is 5.57 Å². The Morgan fingerprint density at radius 1 is 0.933 bits per heavy atom. The highest BCUT2D eigenvalue weighted by Crippen LogP contribution is 2.43. The van der Waals surface area contributed by atoms with Gasteiger partial charge in [-0.25, -0.2) is 4.79 Å². The highest BCUT2D eigenvalue weighted by atomic mass is 19.4. The van der Waals surface area contributed by atoms with Gasteiger partial charge in [-0.05, 0) is 23.3 Å². The minimum absolute atomic E-state index is 0.00683. The third kappa shape index (κ3) is 4.73. The number of carbonyl (C=O) groups excluding carboxylic acids is 1. The highest BCUT2D eigenvalue weighted by Gasteiger charge is 2.44. The number of halogens is 3. The maximum absolute atomic E-state index is 14.2. The van der Waals surface area contributed by atoms with E-state index in [0.717, 1.165) is 19.2 Å². The van der Waals surface area contributed by atoms with Crippen molar-refractivity contribution in [2.75, 3.05) is 21.3 Å². The van der Waals surface area contributed by atoms with E-state index in [2.05, 4.69) is 4.74 Å². The standard InChI is InChI=1S/C21H19F3O6/c1-28-14-10-9-13(11-15(14)29-2)18(21(22,23)24)17(20(27)30-3)16(19(25)26)12-7-5-4-6-8-12/h4-11,16H,1-3H3,(H,25,26). The molecule has 0 heterocycles. The first-order valence-electron chi connectivity index (χ1n) is 8.55. The largest absolute Gasteiger partial charge is 0.493 e. The molecule has 0 saturated heterocycles. The number of aliphatic carboxylic acids is 1. The molecule has 0 aliphatic carbocycles. The summed E-state index contributed by atoms with van der Waals surface area (Å²) >= 11 is 0.